The fraction of sp³-hybridized carbons (Fsp3) is 0. The summed E-state index contributed by atoms with van der Waals surface area (Å²) < 4.78 is 30.2. The Balaban J connectivity index is 1.63. The molecule has 3 aromatic rings. The van der Waals surface area contributed by atoms with Crippen molar-refractivity contribution in [2.45, 2.75) is 4.90 Å². The number of amides is 4. The van der Waals surface area contributed by atoms with Crippen molar-refractivity contribution in [1.29, 1.82) is 0 Å². The van der Waals surface area contributed by atoms with E-state index in [2.05, 4.69) is 5.32 Å². The maximum Gasteiger partial charge on any atom is 0.339 e. The topological polar surface area (TPSA) is 110 Å². The molecule has 0 unspecified atom stereocenters. The summed E-state index contributed by atoms with van der Waals surface area (Å²) in [6, 6.07) is 18.6. The van der Waals surface area contributed by atoms with Crippen molar-refractivity contribution in [2.75, 3.05) is 4.90 Å². The summed E-state index contributed by atoms with van der Waals surface area (Å²) in [5, 5.41) is 2.50. The van der Waals surface area contributed by atoms with Crippen molar-refractivity contribution in [1.82, 2.24) is 5.32 Å². The van der Waals surface area contributed by atoms with Gasteiger partial charge in [-0.25, -0.2) is 9.69 Å². The Morgan fingerprint density at radius 1 is 0.879 bits per heavy atom. The first-order valence-electron chi connectivity index (χ1n) is 9.51. The van der Waals surface area contributed by atoms with Crippen molar-refractivity contribution in [3.63, 3.8) is 0 Å². The lowest BCUT2D eigenvalue weighted by molar-refractivity contribution is -0.122. The van der Waals surface area contributed by atoms with Crippen LogP contribution in [-0.4, -0.2) is 26.3 Å². The molecular formula is C23H15ClN2O6S. The molecule has 0 aliphatic carbocycles. The summed E-state index contributed by atoms with van der Waals surface area (Å²) in [6.45, 7) is 0. The molecule has 0 spiro atoms. The molecule has 8 nitrogen and oxygen atoms in total. The van der Waals surface area contributed by atoms with Gasteiger partial charge in [-0.1, -0.05) is 41.9 Å². The van der Waals surface area contributed by atoms with Crippen LogP contribution in [0.5, 0.6) is 5.75 Å². The van der Waals surface area contributed by atoms with Gasteiger partial charge in [0.05, 0.1) is 5.69 Å². The molecule has 33 heavy (non-hydrogen) atoms. The van der Waals surface area contributed by atoms with E-state index >= 15 is 0 Å². The van der Waals surface area contributed by atoms with Crippen LogP contribution >= 0.6 is 11.6 Å². The van der Waals surface area contributed by atoms with Gasteiger partial charge in [0.15, 0.2) is 0 Å². The van der Waals surface area contributed by atoms with E-state index < -0.39 is 28.0 Å². The Bertz CT molecular complexity index is 1390. The number of imide groups is 2. The van der Waals surface area contributed by atoms with Crippen LogP contribution in [0.1, 0.15) is 5.56 Å². The highest BCUT2D eigenvalue weighted by Gasteiger charge is 2.36. The summed E-state index contributed by atoms with van der Waals surface area (Å²) in [5.41, 5.74) is 0.320. The third-order valence-corrected chi connectivity index (χ3v) is 6.11. The Hall–Kier alpha value is -3.95. The Morgan fingerprint density at radius 3 is 2.27 bits per heavy atom. The van der Waals surface area contributed by atoms with E-state index in [1.807, 2.05) is 0 Å². The van der Waals surface area contributed by atoms with E-state index in [-0.39, 0.29) is 16.2 Å². The predicted molar refractivity (Wildman–Crippen MR) is 121 cm³/mol. The smallest absolute Gasteiger partial charge is 0.339 e. The van der Waals surface area contributed by atoms with Gasteiger partial charge < -0.3 is 4.18 Å². The lowest BCUT2D eigenvalue weighted by Gasteiger charge is -2.26. The zero-order valence-electron chi connectivity index (χ0n) is 16.8. The highest BCUT2D eigenvalue weighted by Crippen LogP contribution is 2.24. The van der Waals surface area contributed by atoms with E-state index in [4.69, 9.17) is 15.8 Å². The molecule has 1 heterocycles. The molecule has 1 aliphatic rings. The highest BCUT2D eigenvalue weighted by molar-refractivity contribution is 7.87. The number of para-hydroxylation sites is 1. The molecule has 0 bridgehead atoms. The van der Waals surface area contributed by atoms with Crippen LogP contribution in [0.3, 0.4) is 0 Å². The minimum absolute atomic E-state index is 0.0287. The normalized spacial score (nSPS) is 15.5. The van der Waals surface area contributed by atoms with Crippen molar-refractivity contribution in [3.8, 4) is 5.75 Å². The molecule has 4 amide bonds. The van der Waals surface area contributed by atoms with Gasteiger partial charge in [0, 0.05) is 5.02 Å². The Labute approximate surface area is 194 Å². The van der Waals surface area contributed by atoms with Gasteiger partial charge in [-0.15, -0.1) is 0 Å². The number of rotatable bonds is 5. The SMILES string of the molecule is O=C1NC(=O)N(c2ccccc2)C(=O)/C1=C\c1cccc(OS(=O)(=O)c2ccc(Cl)cc2)c1. The van der Waals surface area contributed by atoms with Crippen LogP contribution in [0.15, 0.2) is 89.3 Å². The zero-order chi connectivity index (χ0) is 23.6. The fourth-order valence-electron chi connectivity index (χ4n) is 3.07. The first-order valence-corrected chi connectivity index (χ1v) is 11.3. The summed E-state index contributed by atoms with van der Waals surface area (Å²) in [4.78, 5) is 38.2. The minimum Gasteiger partial charge on any atom is -0.379 e. The molecule has 1 N–H and O–H groups in total. The van der Waals surface area contributed by atoms with Gasteiger partial charge in [-0.05, 0) is 60.2 Å². The summed E-state index contributed by atoms with van der Waals surface area (Å²) in [5.74, 6) is -1.70. The average Bonchev–Trinajstić information content (AvgIpc) is 2.77. The number of hydrogen-bond donors (Lipinski definition) is 1. The van der Waals surface area contributed by atoms with Crippen molar-refractivity contribution < 1.29 is 27.0 Å². The quantitative estimate of drug-likeness (QED) is 0.337. The monoisotopic (exact) mass is 482 g/mol. The van der Waals surface area contributed by atoms with Crippen molar-refractivity contribution in [2.24, 2.45) is 0 Å². The molecule has 0 aromatic heterocycles. The number of carbonyl (C=O) groups is 3. The molecule has 1 saturated heterocycles. The molecule has 0 atom stereocenters. The van der Waals surface area contributed by atoms with E-state index in [0.29, 0.717) is 16.3 Å². The zero-order valence-corrected chi connectivity index (χ0v) is 18.3. The Morgan fingerprint density at radius 2 is 1.58 bits per heavy atom. The summed E-state index contributed by atoms with van der Waals surface area (Å²) >= 11 is 5.79. The largest absolute Gasteiger partial charge is 0.379 e. The van der Waals surface area contributed by atoms with Crippen LogP contribution < -0.4 is 14.4 Å². The van der Waals surface area contributed by atoms with Crippen LogP contribution in [0.2, 0.25) is 5.02 Å². The lowest BCUT2D eigenvalue weighted by atomic mass is 10.1. The first-order chi connectivity index (χ1) is 15.7. The second kappa shape index (κ2) is 8.89. The average molecular weight is 483 g/mol. The fourth-order valence-corrected chi connectivity index (χ4v) is 4.12. The summed E-state index contributed by atoms with van der Waals surface area (Å²) in [6.07, 6.45) is 1.25. The number of benzene rings is 3. The molecule has 0 radical (unpaired) electrons. The number of urea groups is 1. The third-order valence-electron chi connectivity index (χ3n) is 4.59. The number of anilines is 1. The molecule has 1 aliphatic heterocycles. The van der Waals surface area contributed by atoms with Crippen LogP contribution in [0, 0.1) is 0 Å². The molecule has 10 heteroatoms. The lowest BCUT2D eigenvalue weighted by Crippen LogP contribution is -2.54. The molecule has 4 rings (SSSR count). The van der Waals surface area contributed by atoms with E-state index in [9.17, 15) is 22.8 Å². The second-order valence-corrected chi connectivity index (χ2v) is 8.84. The van der Waals surface area contributed by atoms with Gasteiger partial charge in [0.25, 0.3) is 11.8 Å². The van der Waals surface area contributed by atoms with Crippen LogP contribution in [0.25, 0.3) is 6.08 Å². The van der Waals surface area contributed by atoms with Gasteiger partial charge >= 0.3 is 16.1 Å². The number of hydrogen-bond acceptors (Lipinski definition) is 6. The van der Waals surface area contributed by atoms with Gasteiger partial charge in [0.1, 0.15) is 16.2 Å². The first kappa shape index (κ1) is 22.3. The predicted octanol–water partition coefficient (Wildman–Crippen LogP) is 3.77. The van der Waals surface area contributed by atoms with Crippen molar-refractivity contribution in [3.05, 3.63) is 95.0 Å². The molecule has 0 saturated carbocycles. The van der Waals surface area contributed by atoms with E-state index in [0.717, 1.165) is 4.90 Å². The summed E-state index contributed by atoms with van der Waals surface area (Å²) in [7, 11) is -4.13. The van der Waals surface area contributed by atoms with Crippen LogP contribution in [0.4, 0.5) is 10.5 Å². The maximum absolute atomic E-state index is 12.9. The number of nitrogens with zero attached hydrogens (tertiary/aromatic N) is 1. The minimum atomic E-state index is -4.13. The third kappa shape index (κ3) is 4.79. The number of halogens is 1. The standard InChI is InChI=1S/C23H15ClN2O6S/c24-16-9-11-19(12-10-16)33(30,31)32-18-8-4-5-15(13-18)14-20-21(27)25-23(29)26(22(20)28)17-6-2-1-3-7-17/h1-14H,(H,25,27,29)/b20-14-. The highest BCUT2D eigenvalue weighted by atomic mass is 35.5. The molecule has 166 valence electrons. The molecule has 1 fully saturated rings. The number of barbiturate groups is 1. The second-order valence-electron chi connectivity index (χ2n) is 6.86. The van der Waals surface area contributed by atoms with E-state index in [1.165, 1.54) is 48.5 Å². The Kier molecular flexibility index (Phi) is 5.99. The maximum atomic E-state index is 12.9. The number of carbonyl (C=O) groups excluding carboxylic acids is 3. The van der Waals surface area contributed by atoms with Crippen LogP contribution in [-0.2, 0) is 19.7 Å². The van der Waals surface area contributed by atoms with Gasteiger partial charge in [-0.3, -0.25) is 14.9 Å². The molecular weight excluding hydrogens is 468 g/mol. The van der Waals surface area contributed by atoms with E-state index in [1.54, 1.807) is 36.4 Å². The van der Waals surface area contributed by atoms with Gasteiger partial charge in [0.2, 0.25) is 0 Å². The van der Waals surface area contributed by atoms with Gasteiger partial charge in [-0.2, -0.15) is 8.42 Å². The number of nitrogens with one attached hydrogen (secondary N) is 1. The van der Waals surface area contributed by atoms with Crippen molar-refractivity contribution >= 4 is 51.3 Å². The molecule has 3 aromatic carbocycles.